The number of nitrogens with zero attached hydrogens (tertiary/aromatic N) is 6. The molecule has 2 aromatic heterocycles. The highest BCUT2D eigenvalue weighted by Gasteiger charge is 2.43. The molecule has 3 saturated heterocycles. The van der Waals surface area contributed by atoms with Crippen LogP contribution in [0.3, 0.4) is 0 Å². The molecular weight excluding hydrogens is 1170 g/mol. The van der Waals surface area contributed by atoms with Gasteiger partial charge in [-0.05, 0) is 121 Å². The first kappa shape index (κ1) is 60.8. The first-order chi connectivity index (χ1) is 42.7. The van der Waals surface area contributed by atoms with Crippen molar-refractivity contribution in [2.24, 2.45) is 9.98 Å². The van der Waals surface area contributed by atoms with Crippen LogP contribution in [-0.4, -0.2) is 83.8 Å². The highest BCUT2D eigenvalue weighted by Crippen LogP contribution is 2.43. The molecule has 0 aliphatic carbocycles. The van der Waals surface area contributed by atoms with Crippen molar-refractivity contribution < 1.29 is 56.2 Å². The number of carbonyl (C=O) groups excluding carboxylic acids is 7. The summed E-state index contributed by atoms with van der Waals surface area (Å²) >= 11 is 2.49. The molecule has 2 unspecified atom stereocenters. The average Bonchev–Trinajstić information content (AvgIpc) is 1.93. The van der Waals surface area contributed by atoms with Crippen molar-refractivity contribution in [1.29, 1.82) is 0 Å². The van der Waals surface area contributed by atoms with Gasteiger partial charge in [-0.2, -0.15) is 0 Å². The zero-order valence-electron chi connectivity index (χ0n) is 46.9. The number of rotatable bonds is 17. The fraction of sp³-hybridized carbons (Fsp3) is 0.169. The maximum atomic E-state index is 13.8. The lowest BCUT2D eigenvalue weighted by Crippen LogP contribution is -2.45. The lowest BCUT2D eigenvalue weighted by atomic mass is 10.1. The summed E-state index contributed by atoms with van der Waals surface area (Å²) in [6.07, 6.45) is 1.82. The number of amides is 7. The van der Waals surface area contributed by atoms with Gasteiger partial charge in [0, 0.05) is 24.0 Å². The van der Waals surface area contributed by atoms with Crippen molar-refractivity contribution in [1.82, 2.24) is 25.0 Å². The van der Waals surface area contributed by atoms with Crippen LogP contribution in [0.2, 0.25) is 0 Å². The number of thioether (sulfide) groups is 2. The Kier molecular flexibility index (Phi) is 19.9. The van der Waals surface area contributed by atoms with E-state index in [-0.39, 0.29) is 51.0 Å². The number of benzene rings is 6. The number of nitrogens with one attached hydrogen (secondary N) is 3. The number of halogens is 2. The standard InChI is InChI=1S/C33H27FN4O6S.C32H28FN5O4S/c34-23-8-4-9-25(18-23)36-32-37(19-26-10-5-17-43-26)31(41)29(45-32)22-11-13-24(14-12-22)35-30(40)27-15-16-28(39)38(27)33(42)44-20-21-6-2-1-3-7-21;1-21(35-32(41)42-20-22-8-3-2-4-9-22)29(39)36-25-15-13-23(14-16-25)28-30(40)38(19-27-11-5-6-17-34-27)31(43-28)37-26-12-7-10-24(33)18-26/h1-14,17-18,27,29H,15-16,19-20H2,(H,35,40);2-18,21,28H,19-20H2,1H3,(H,35,41)(H,36,39)/t27-,29?;21-,28?/m00/s1. The first-order valence-corrected chi connectivity index (χ1v) is 29.4. The topological polar surface area (TPSA) is 235 Å². The highest BCUT2D eigenvalue weighted by molar-refractivity contribution is 8.15. The number of carbonyl (C=O) groups is 7. The van der Waals surface area contributed by atoms with Crippen LogP contribution in [-0.2, 0) is 59.7 Å². The number of hydrogen-bond donors (Lipinski definition) is 3. The predicted octanol–water partition coefficient (Wildman–Crippen LogP) is 12.2. The number of anilines is 2. The third-order valence-corrected chi connectivity index (χ3v) is 16.2. The molecule has 3 aliphatic heterocycles. The second kappa shape index (κ2) is 28.8. The van der Waals surface area contributed by atoms with Gasteiger partial charge in [0.2, 0.25) is 29.5 Å². The van der Waals surface area contributed by atoms with Crippen molar-refractivity contribution in [2.45, 2.75) is 68.7 Å². The monoisotopic (exact) mass is 1220 g/mol. The summed E-state index contributed by atoms with van der Waals surface area (Å²) in [4.78, 5) is 108. The minimum atomic E-state index is -1.01. The first-order valence-electron chi connectivity index (χ1n) is 27.6. The minimum absolute atomic E-state index is 0.0231. The summed E-state index contributed by atoms with van der Waals surface area (Å²) in [7, 11) is 0. The Balaban J connectivity index is 0.000000195. The number of alkyl carbamates (subject to hydrolysis) is 1. The molecule has 0 bridgehead atoms. The molecule has 0 spiro atoms. The largest absolute Gasteiger partial charge is 0.467 e. The number of pyridine rings is 1. The summed E-state index contributed by atoms with van der Waals surface area (Å²) in [5, 5.41) is 7.63. The van der Waals surface area contributed by atoms with Crippen molar-refractivity contribution in [3.63, 3.8) is 0 Å². The van der Waals surface area contributed by atoms with Crippen LogP contribution in [0.25, 0.3) is 0 Å². The van der Waals surface area contributed by atoms with E-state index in [1.165, 1.54) is 59.0 Å². The summed E-state index contributed by atoms with van der Waals surface area (Å²) in [5.74, 6) is -2.13. The molecule has 8 aromatic rings. The van der Waals surface area contributed by atoms with E-state index < -0.39 is 64.1 Å². The van der Waals surface area contributed by atoms with Gasteiger partial charge >= 0.3 is 12.2 Å². The number of hydrogen-bond acceptors (Lipinski definition) is 15. The van der Waals surface area contributed by atoms with Gasteiger partial charge in [0.1, 0.15) is 53.2 Å². The number of imide groups is 1. The van der Waals surface area contributed by atoms with Gasteiger partial charge in [-0.1, -0.05) is 127 Å². The van der Waals surface area contributed by atoms with Crippen molar-refractivity contribution in [3.05, 3.63) is 246 Å². The second-order valence-corrected chi connectivity index (χ2v) is 22.1. The molecular formula is C65H55F2N9O10S2. The fourth-order valence-electron chi connectivity index (χ4n) is 9.24. The van der Waals surface area contributed by atoms with Gasteiger partial charge in [0.15, 0.2) is 10.3 Å². The second-order valence-electron chi connectivity index (χ2n) is 20.0. The Bertz CT molecular complexity index is 3870. The van der Waals surface area contributed by atoms with E-state index in [1.807, 2.05) is 60.7 Å². The maximum absolute atomic E-state index is 13.8. The van der Waals surface area contributed by atoms with E-state index in [1.54, 1.807) is 121 Å². The van der Waals surface area contributed by atoms with E-state index in [4.69, 9.17) is 13.9 Å². The summed E-state index contributed by atoms with van der Waals surface area (Å²) < 4.78 is 43.6. The van der Waals surface area contributed by atoms with Gasteiger partial charge < -0.3 is 29.8 Å². The summed E-state index contributed by atoms with van der Waals surface area (Å²) in [6.45, 7) is 1.99. The Morgan fingerprint density at radius 3 is 1.72 bits per heavy atom. The lowest BCUT2D eigenvalue weighted by Gasteiger charge is -2.22. The van der Waals surface area contributed by atoms with Gasteiger partial charge in [-0.25, -0.2) is 33.3 Å². The molecule has 3 aliphatic rings. The lowest BCUT2D eigenvalue weighted by molar-refractivity contribution is -0.131. The van der Waals surface area contributed by atoms with Crippen LogP contribution in [0, 0.1) is 11.6 Å². The van der Waals surface area contributed by atoms with Gasteiger partial charge in [0.25, 0.3) is 0 Å². The van der Waals surface area contributed by atoms with Crippen LogP contribution in [0.4, 0.5) is 41.1 Å². The highest BCUT2D eigenvalue weighted by atomic mass is 32.2. The quantitative estimate of drug-likeness (QED) is 0.0770. The number of aliphatic imine (C=N–C) groups is 2. The molecule has 6 aromatic carbocycles. The van der Waals surface area contributed by atoms with Crippen LogP contribution < -0.4 is 16.0 Å². The van der Waals surface area contributed by atoms with Crippen LogP contribution in [0.15, 0.2) is 215 Å². The van der Waals surface area contributed by atoms with Crippen LogP contribution in [0.5, 0.6) is 0 Å². The van der Waals surface area contributed by atoms with Gasteiger partial charge in [0.05, 0.1) is 36.4 Å². The zero-order valence-corrected chi connectivity index (χ0v) is 48.6. The molecule has 7 amide bonds. The smallest absolute Gasteiger partial charge is 0.417 e. The van der Waals surface area contributed by atoms with Gasteiger partial charge in [-0.3, -0.25) is 38.8 Å². The Morgan fingerprint density at radius 2 is 1.18 bits per heavy atom. The third kappa shape index (κ3) is 15.8. The van der Waals surface area contributed by atoms with Crippen molar-refractivity contribution in [3.8, 4) is 0 Å². The molecule has 23 heteroatoms. The number of ether oxygens (including phenoxy) is 2. The molecule has 0 radical (unpaired) electrons. The van der Waals surface area contributed by atoms with Crippen LogP contribution in [0.1, 0.15) is 64.0 Å². The third-order valence-electron chi connectivity index (χ3n) is 13.7. The average molecular weight is 1220 g/mol. The fourth-order valence-corrected chi connectivity index (χ4v) is 11.6. The van der Waals surface area contributed by atoms with E-state index in [9.17, 15) is 42.3 Å². The van der Waals surface area contributed by atoms with Gasteiger partial charge in [-0.15, -0.1) is 0 Å². The van der Waals surface area contributed by atoms with E-state index >= 15 is 0 Å². The normalized spacial score (nSPS) is 17.6. The Hall–Kier alpha value is -10.3. The number of aromatic nitrogens is 1. The number of amidine groups is 2. The molecule has 446 valence electrons. The SMILES string of the molecule is C[C@H](NC(=O)OCc1ccccc1)C(=O)Nc1ccc(C2SC(=Nc3cccc(F)c3)N(Cc3ccccn3)C2=O)cc1.O=C(Nc1ccc(C2SC(=Nc3cccc(F)c3)N(Cc3ccco3)C2=O)cc1)[C@@H]1CCC(=O)N1C(=O)OCc1ccccc1. The van der Waals surface area contributed by atoms with E-state index in [2.05, 4.69) is 30.9 Å². The molecule has 0 saturated carbocycles. The summed E-state index contributed by atoms with van der Waals surface area (Å²) in [5.41, 5.74) is 5.34. The Labute approximate surface area is 512 Å². The number of furan rings is 1. The zero-order chi connectivity index (χ0) is 61.5. The summed E-state index contributed by atoms with van der Waals surface area (Å²) in [6, 6.07) is 50.6. The van der Waals surface area contributed by atoms with Crippen molar-refractivity contribution >= 4 is 98.3 Å². The molecule has 3 fully saturated rings. The van der Waals surface area contributed by atoms with Crippen LogP contribution >= 0.6 is 23.5 Å². The molecule has 88 heavy (non-hydrogen) atoms. The maximum Gasteiger partial charge on any atom is 0.417 e. The Morgan fingerprint density at radius 1 is 0.636 bits per heavy atom. The number of likely N-dealkylation sites (tertiary alicyclic amines) is 1. The predicted molar refractivity (Wildman–Crippen MR) is 328 cm³/mol. The van der Waals surface area contributed by atoms with E-state index in [0.29, 0.717) is 55.7 Å². The van der Waals surface area contributed by atoms with E-state index in [0.717, 1.165) is 16.0 Å². The van der Waals surface area contributed by atoms with Crippen molar-refractivity contribution in [2.75, 3.05) is 10.6 Å². The molecule has 19 nitrogen and oxygen atoms in total. The molecule has 5 heterocycles. The molecule has 11 rings (SSSR count). The minimum Gasteiger partial charge on any atom is -0.467 e. The molecule has 4 atom stereocenters. The molecule has 3 N–H and O–H groups in total.